The number of benzene rings is 1. The summed E-state index contributed by atoms with van der Waals surface area (Å²) in [5.41, 5.74) is 0.293. The van der Waals surface area contributed by atoms with Gasteiger partial charge in [-0.1, -0.05) is 6.92 Å². The fourth-order valence-electron chi connectivity index (χ4n) is 1.98. The van der Waals surface area contributed by atoms with Crippen molar-refractivity contribution in [3.63, 3.8) is 0 Å². The van der Waals surface area contributed by atoms with E-state index in [0.29, 0.717) is 5.69 Å². The third kappa shape index (κ3) is 5.49. The van der Waals surface area contributed by atoms with Gasteiger partial charge in [-0.2, -0.15) is 0 Å². The Balaban J connectivity index is 3.27. The summed E-state index contributed by atoms with van der Waals surface area (Å²) < 4.78 is 32.6. The highest BCUT2D eigenvalue weighted by molar-refractivity contribution is 7.89. The quantitative estimate of drug-likeness (QED) is 0.632. The van der Waals surface area contributed by atoms with E-state index in [0.717, 1.165) is 12.5 Å². The van der Waals surface area contributed by atoms with Gasteiger partial charge in [0.25, 0.3) is 0 Å². The van der Waals surface area contributed by atoms with Gasteiger partial charge in [-0.05, 0) is 38.5 Å². The number of ether oxygens (including phenoxy) is 1. The highest BCUT2D eigenvalue weighted by Crippen LogP contribution is 2.24. The molecule has 0 saturated heterocycles. The number of aromatic carboxylic acids is 1. The van der Waals surface area contributed by atoms with Crippen LogP contribution < -0.4 is 10.0 Å². The van der Waals surface area contributed by atoms with Crippen LogP contribution >= 0.6 is 0 Å². The molecule has 0 aromatic heterocycles. The second kappa shape index (κ2) is 8.28. The number of hydrogen-bond acceptors (Lipinski definition) is 5. The minimum Gasteiger partial charge on any atom is -0.478 e. The monoisotopic (exact) mass is 344 g/mol. The maximum Gasteiger partial charge on any atom is 0.335 e. The van der Waals surface area contributed by atoms with E-state index in [2.05, 4.69) is 10.0 Å². The van der Waals surface area contributed by atoms with Gasteiger partial charge in [-0.3, -0.25) is 0 Å². The number of methoxy groups -OCH3 is 1. The zero-order valence-electron chi connectivity index (χ0n) is 13.8. The molecule has 0 fully saturated rings. The molecule has 0 heterocycles. The molecule has 0 aliphatic heterocycles. The average Bonchev–Trinajstić information content (AvgIpc) is 2.46. The highest BCUT2D eigenvalue weighted by Gasteiger charge is 2.23. The molecule has 2 atom stereocenters. The molecule has 0 bridgehead atoms. The molecule has 0 saturated carbocycles. The number of hydrogen-bond donors (Lipinski definition) is 3. The van der Waals surface area contributed by atoms with Crippen LogP contribution in [-0.2, 0) is 14.8 Å². The molecule has 0 amide bonds. The normalized spacial score (nSPS) is 14.3. The van der Waals surface area contributed by atoms with Gasteiger partial charge >= 0.3 is 5.97 Å². The van der Waals surface area contributed by atoms with Gasteiger partial charge in [-0.15, -0.1) is 0 Å². The number of anilines is 1. The van der Waals surface area contributed by atoms with E-state index in [-0.39, 0.29) is 23.1 Å². The predicted molar refractivity (Wildman–Crippen MR) is 88.4 cm³/mol. The van der Waals surface area contributed by atoms with Crippen LogP contribution in [0, 0.1) is 0 Å². The van der Waals surface area contributed by atoms with Gasteiger partial charge in [0.05, 0.1) is 17.9 Å². The Morgan fingerprint density at radius 2 is 1.96 bits per heavy atom. The van der Waals surface area contributed by atoms with E-state index in [1.807, 2.05) is 13.8 Å². The molecule has 0 unspecified atom stereocenters. The minimum absolute atomic E-state index is 0.0519. The first-order valence-corrected chi connectivity index (χ1v) is 8.84. The van der Waals surface area contributed by atoms with Crippen molar-refractivity contribution < 1.29 is 23.1 Å². The Morgan fingerprint density at radius 3 is 2.48 bits per heavy atom. The molecular weight excluding hydrogens is 320 g/mol. The molecule has 130 valence electrons. The summed E-state index contributed by atoms with van der Waals surface area (Å²) in [6.45, 7) is 5.77. The molecular formula is C15H24N2O5S. The summed E-state index contributed by atoms with van der Waals surface area (Å²) in [6.07, 6.45) is 0.799. The Bertz CT molecular complexity index is 645. The maximum absolute atomic E-state index is 12.6. The summed E-state index contributed by atoms with van der Waals surface area (Å²) in [4.78, 5) is 11.1. The minimum atomic E-state index is -3.88. The largest absolute Gasteiger partial charge is 0.478 e. The number of rotatable bonds is 9. The van der Waals surface area contributed by atoms with Crippen molar-refractivity contribution in [2.45, 2.75) is 44.2 Å². The number of carboxylic acid groups (broad SMARTS) is 1. The second-order valence-electron chi connectivity index (χ2n) is 5.45. The van der Waals surface area contributed by atoms with E-state index in [4.69, 9.17) is 9.84 Å². The Labute approximate surface area is 137 Å². The number of carbonyl (C=O) groups is 1. The Kier molecular flexibility index (Phi) is 6.99. The molecule has 3 N–H and O–H groups in total. The van der Waals surface area contributed by atoms with Crippen molar-refractivity contribution in [3.8, 4) is 0 Å². The van der Waals surface area contributed by atoms with E-state index in [9.17, 15) is 13.2 Å². The van der Waals surface area contributed by atoms with Crippen LogP contribution in [0.1, 0.15) is 37.6 Å². The molecule has 7 nitrogen and oxygen atoms in total. The Morgan fingerprint density at radius 1 is 1.30 bits per heavy atom. The predicted octanol–water partition coefficient (Wildman–Crippen LogP) is 1.91. The first kappa shape index (κ1) is 19.4. The smallest absolute Gasteiger partial charge is 0.335 e. The van der Waals surface area contributed by atoms with E-state index < -0.39 is 22.0 Å². The molecule has 8 heteroatoms. The van der Waals surface area contributed by atoms with Crippen LogP contribution in [-0.4, -0.2) is 45.3 Å². The van der Waals surface area contributed by atoms with Gasteiger partial charge in [0.1, 0.15) is 4.90 Å². The third-order valence-electron chi connectivity index (χ3n) is 3.31. The lowest BCUT2D eigenvalue weighted by molar-refractivity contribution is 0.0696. The highest BCUT2D eigenvalue weighted by atomic mass is 32.2. The van der Waals surface area contributed by atoms with Crippen LogP contribution in [0.4, 0.5) is 5.69 Å². The van der Waals surface area contributed by atoms with Gasteiger partial charge < -0.3 is 15.2 Å². The summed E-state index contributed by atoms with van der Waals surface area (Å²) in [6, 6.07) is 3.64. The van der Waals surface area contributed by atoms with Crippen LogP contribution in [0.5, 0.6) is 0 Å². The first-order chi connectivity index (χ1) is 10.7. The SMILES string of the molecule is CC[C@H](C)Nc1ccc(C(=O)O)cc1S(=O)(=O)N[C@@H](C)COC. The Hall–Kier alpha value is -1.64. The van der Waals surface area contributed by atoms with Crippen LogP contribution in [0.15, 0.2) is 23.1 Å². The lowest BCUT2D eigenvalue weighted by Crippen LogP contribution is -2.36. The number of carboxylic acids is 1. The molecule has 1 aromatic carbocycles. The van der Waals surface area contributed by atoms with Crippen molar-refractivity contribution >= 4 is 21.7 Å². The van der Waals surface area contributed by atoms with E-state index in [1.54, 1.807) is 6.92 Å². The van der Waals surface area contributed by atoms with Crippen LogP contribution in [0.2, 0.25) is 0 Å². The fourth-order valence-corrected chi connectivity index (χ4v) is 3.40. The zero-order valence-corrected chi connectivity index (χ0v) is 14.6. The fraction of sp³-hybridized carbons (Fsp3) is 0.533. The third-order valence-corrected chi connectivity index (χ3v) is 4.93. The van der Waals surface area contributed by atoms with Crippen molar-refractivity contribution in [1.82, 2.24) is 4.72 Å². The maximum atomic E-state index is 12.6. The van der Waals surface area contributed by atoms with Gasteiger partial charge in [0.2, 0.25) is 10.0 Å². The lowest BCUT2D eigenvalue weighted by Gasteiger charge is -2.19. The van der Waals surface area contributed by atoms with Crippen molar-refractivity contribution in [2.24, 2.45) is 0 Å². The van der Waals surface area contributed by atoms with Gasteiger partial charge in [0.15, 0.2) is 0 Å². The van der Waals surface area contributed by atoms with Gasteiger partial charge in [0, 0.05) is 19.2 Å². The van der Waals surface area contributed by atoms with Gasteiger partial charge in [-0.25, -0.2) is 17.9 Å². The molecule has 0 spiro atoms. The zero-order chi connectivity index (χ0) is 17.6. The first-order valence-electron chi connectivity index (χ1n) is 7.36. The molecule has 0 aliphatic carbocycles. The van der Waals surface area contributed by atoms with Crippen LogP contribution in [0.3, 0.4) is 0 Å². The summed E-state index contributed by atoms with van der Waals surface area (Å²) in [5, 5.41) is 12.2. The van der Waals surface area contributed by atoms with Crippen molar-refractivity contribution in [2.75, 3.05) is 19.0 Å². The number of sulfonamides is 1. The molecule has 23 heavy (non-hydrogen) atoms. The standard InChI is InChI=1S/C15H24N2O5S/c1-5-10(2)16-13-7-6-12(15(18)19)8-14(13)23(20,21)17-11(3)9-22-4/h6-8,10-11,16-17H,5,9H2,1-4H3,(H,18,19)/t10-,11-/m0/s1. The summed E-state index contributed by atoms with van der Waals surface area (Å²) in [7, 11) is -2.40. The van der Waals surface area contributed by atoms with Crippen molar-refractivity contribution in [1.29, 1.82) is 0 Å². The van der Waals surface area contributed by atoms with Crippen molar-refractivity contribution in [3.05, 3.63) is 23.8 Å². The molecule has 0 radical (unpaired) electrons. The topological polar surface area (TPSA) is 105 Å². The molecule has 0 aliphatic rings. The molecule has 1 aromatic rings. The summed E-state index contributed by atoms with van der Waals surface area (Å²) in [5.74, 6) is -1.18. The number of nitrogens with one attached hydrogen (secondary N) is 2. The lowest BCUT2D eigenvalue weighted by atomic mass is 10.2. The van der Waals surface area contributed by atoms with Crippen LogP contribution in [0.25, 0.3) is 0 Å². The van der Waals surface area contributed by atoms with E-state index in [1.165, 1.54) is 19.2 Å². The second-order valence-corrected chi connectivity index (χ2v) is 7.13. The average molecular weight is 344 g/mol. The van der Waals surface area contributed by atoms with E-state index >= 15 is 0 Å². The summed E-state index contributed by atoms with van der Waals surface area (Å²) >= 11 is 0. The molecule has 1 rings (SSSR count).